The molecule has 2 N–H and O–H groups in total. The van der Waals surface area contributed by atoms with Gasteiger partial charge in [0.2, 0.25) is 0 Å². The van der Waals surface area contributed by atoms with E-state index in [-0.39, 0.29) is 13.1 Å². The summed E-state index contributed by atoms with van der Waals surface area (Å²) in [6, 6.07) is 9.14. The third kappa shape index (κ3) is 7.10. The van der Waals surface area contributed by atoms with Crippen molar-refractivity contribution in [2.24, 2.45) is 0 Å². The maximum atomic E-state index is 11.4. The maximum Gasteiger partial charge on any atom is 0.423 e. The van der Waals surface area contributed by atoms with E-state index in [1.165, 1.54) is 0 Å². The number of hydrogen-bond donors (Lipinski definition) is 2. The summed E-state index contributed by atoms with van der Waals surface area (Å²) in [6.45, 7) is 2.50. The molecule has 0 saturated heterocycles. The Morgan fingerprint density at radius 3 is 2.55 bits per heavy atom. The molecule has 0 aliphatic heterocycles. The highest BCUT2D eigenvalue weighted by molar-refractivity contribution is 7.85. The van der Waals surface area contributed by atoms with Crippen molar-refractivity contribution in [2.75, 3.05) is 6.54 Å². The zero-order valence-electron chi connectivity index (χ0n) is 11.5. The number of unbranched alkanes of at least 4 members (excludes halogenated alkanes) is 2. The summed E-state index contributed by atoms with van der Waals surface area (Å²) in [5.74, 6) is 0. The SMILES string of the molecule is CCCCCNS(=O)(=O)OC(=O)NCc1ccccc1. The molecular formula is C13H20N2O4S. The van der Waals surface area contributed by atoms with Gasteiger partial charge in [-0.3, -0.25) is 0 Å². The van der Waals surface area contributed by atoms with Gasteiger partial charge in [0.1, 0.15) is 0 Å². The van der Waals surface area contributed by atoms with E-state index in [1.807, 2.05) is 37.3 Å². The summed E-state index contributed by atoms with van der Waals surface area (Å²) in [6.07, 6.45) is 1.63. The van der Waals surface area contributed by atoms with E-state index in [0.29, 0.717) is 6.42 Å². The molecule has 112 valence electrons. The van der Waals surface area contributed by atoms with Crippen LogP contribution < -0.4 is 10.0 Å². The van der Waals surface area contributed by atoms with Crippen molar-refractivity contribution >= 4 is 16.4 Å². The summed E-state index contributed by atoms with van der Waals surface area (Å²) in [4.78, 5) is 11.4. The Labute approximate surface area is 119 Å². The fourth-order valence-corrected chi connectivity index (χ4v) is 2.21. The van der Waals surface area contributed by atoms with Gasteiger partial charge in [-0.25, -0.2) is 4.79 Å². The Morgan fingerprint density at radius 1 is 1.20 bits per heavy atom. The van der Waals surface area contributed by atoms with Crippen LogP contribution in [0, 0.1) is 0 Å². The molecule has 0 spiro atoms. The van der Waals surface area contributed by atoms with Gasteiger partial charge in [0.25, 0.3) is 0 Å². The predicted molar refractivity (Wildman–Crippen MR) is 76.2 cm³/mol. The van der Waals surface area contributed by atoms with Gasteiger partial charge in [-0.15, -0.1) is 0 Å². The highest BCUT2D eigenvalue weighted by atomic mass is 32.2. The lowest BCUT2D eigenvalue weighted by Crippen LogP contribution is -2.33. The third-order valence-corrected chi connectivity index (χ3v) is 3.45. The van der Waals surface area contributed by atoms with Crippen LogP contribution in [-0.4, -0.2) is 21.1 Å². The Morgan fingerprint density at radius 2 is 1.90 bits per heavy atom. The molecule has 1 aromatic rings. The zero-order valence-corrected chi connectivity index (χ0v) is 12.3. The van der Waals surface area contributed by atoms with Crippen molar-refractivity contribution in [2.45, 2.75) is 32.7 Å². The van der Waals surface area contributed by atoms with Crippen LogP contribution in [0.25, 0.3) is 0 Å². The quantitative estimate of drug-likeness (QED) is 0.719. The molecule has 0 radical (unpaired) electrons. The summed E-state index contributed by atoms with van der Waals surface area (Å²) >= 11 is 0. The molecule has 1 rings (SSSR count). The second-order valence-corrected chi connectivity index (χ2v) is 5.63. The lowest BCUT2D eigenvalue weighted by molar-refractivity contribution is 0.201. The summed E-state index contributed by atoms with van der Waals surface area (Å²) in [5, 5.41) is 2.38. The van der Waals surface area contributed by atoms with Crippen LogP contribution in [0.3, 0.4) is 0 Å². The van der Waals surface area contributed by atoms with Gasteiger partial charge in [-0.1, -0.05) is 50.1 Å². The van der Waals surface area contributed by atoms with E-state index >= 15 is 0 Å². The minimum atomic E-state index is -4.03. The number of benzene rings is 1. The fraction of sp³-hybridized carbons (Fsp3) is 0.462. The van der Waals surface area contributed by atoms with Crippen LogP contribution >= 0.6 is 0 Å². The number of carbonyl (C=O) groups is 1. The highest BCUT2D eigenvalue weighted by Gasteiger charge is 2.15. The van der Waals surface area contributed by atoms with Gasteiger partial charge in [0.15, 0.2) is 0 Å². The molecule has 0 heterocycles. The first-order chi connectivity index (χ1) is 9.53. The predicted octanol–water partition coefficient (Wildman–Crippen LogP) is 1.94. The first-order valence-corrected chi connectivity index (χ1v) is 7.95. The molecule has 0 atom stereocenters. The number of rotatable bonds is 8. The van der Waals surface area contributed by atoms with E-state index < -0.39 is 16.4 Å². The van der Waals surface area contributed by atoms with E-state index in [9.17, 15) is 13.2 Å². The largest absolute Gasteiger partial charge is 0.423 e. The van der Waals surface area contributed by atoms with Gasteiger partial charge >= 0.3 is 16.4 Å². The maximum absolute atomic E-state index is 11.4. The minimum Gasteiger partial charge on any atom is -0.316 e. The number of carbonyl (C=O) groups excluding carboxylic acids is 1. The van der Waals surface area contributed by atoms with E-state index in [0.717, 1.165) is 18.4 Å². The summed E-state index contributed by atoms with van der Waals surface area (Å²) in [7, 11) is -4.03. The Balaban J connectivity index is 2.30. The minimum absolute atomic E-state index is 0.213. The van der Waals surface area contributed by atoms with Crippen molar-refractivity contribution in [3.8, 4) is 0 Å². The van der Waals surface area contributed by atoms with Gasteiger partial charge in [0, 0.05) is 13.1 Å². The van der Waals surface area contributed by atoms with E-state index in [2.05, 4.69) is 14.2 Å². The van der Waals surface area contributed by atoms with Crippen molar-refractivity contribution < 1.29 is 17.4 Å². The Bertz CT molecular complexity index is 502. The van der Waals surface area contributed by atoms with Crippen LogP contribution in [0.1, 0.15) is 31.7 Å². The van der Waals surface area contributed by atoms with Crippen molar-refractivity contribution in [1.29, 1.82) is 0 Å². The molecule has 0 saturated carbocycles. The molecule has 0 unspecified atom stereocenters. The average molecular weight is 300 g/mol. The first kappa shape index (κ1) is 16.5. The van der Waals surface area contributed by atoms with Gasteiger partial charge < -0.3 is 9.50 Å². The molecule has 0 aliphatic carbocycles. The number of hydrogen-bond acceptors (Lipinski definition) is 4. The summed E-state index contributed by atoms with van der Waals surface area (Å²) in [5.41, 5.74) is 0.859. The fourth-order valence-electron chi connectivity index (χ4n) is 1.50. The average Bonchev–Trinajstić information content (AvgIpc) is 2.42. The molecule has 1 amide bonds. The zero-order chi connectivity index (χ0) is 14.8. The standard InChI is InChI=1S/C13H20N2O4S/c1-2-3-7-10-15-20(17,18)19-13(16)14-11-12-8-5-4-6-9-12/h4-6,8-9,15H,2-3,7,10-11H2,1H3,(H,14,16). The molecule has 0 aliphatic rings. The topological polar surface area (TPSA) is 84.5 Å². The smallest absolute Gasteiger partial charge is 0.316 e. The molecular weight excluding hydrogens is 280 g/mol. The Kier molecular flexibility index (Phi) is 7.03. The van der Waals surface area contributed by atoms with Crippen LogP contribution in [0.15, 0.2) is 30.3 Å². The number of amides is 1. The van der Waals surface area contributed by atoms with Crippen molar-refractivity contribution in [3.63, 3.8) is 0 Å². The second kappa shape index (κ2) is 8.55. The second-order valence-electron chi connectivity index (χ2n) is 4.27. The normalized spacial score (nSPS) is 11.1. The monoisotopic (exact) mass is 300 g/mol. The van der Waals surface area contributed by atoms with Gasteiger partial charge in [-0.2, -0.15) is 13.1 Å². The van der Waals surface area contributed by atoms with Crippen LogP contribution in [0.4, 0.5) is 4.79 Å². The van der Waals surface area contributed by atoms with Gasteiger partial charge in [-0.05, 0) is 12.0 Å². The molecule has 20 heavy (non-hydrogen) atoms. The van der Waals surface area contributed by atoms with Crippen molar-refractivity contribution in [3.05, 3.63) is 35.9 Å². The third-order valence-electron chi connectivity index (χ3n) is 2.52. The van der Waals surface area contributed by atoms with Crippen molar-refractivity contribution in [1.82, 2.24) is 10.0 Å². The molecule has 0 bridgehead atoms. The lowest BCUT2D eigenvalue weighted by atomic mass is 10.2. The van der Waals surface area contributed by atoms with Gasteiger partial charge in [0.05, 0.1) is 0 Å². The summed E-state index contributed by atoms with van der Waals surface area (Å²) < 4.78 is 29.4. The lowest BCUT2D eigenvalue weighted by Gasteiger charge is -2.08. The van der Waals surface area contributed by atoms with E-state index in [1.54, 1.807) is 0 Å². The van der Waals surface area contributed by atoms with Crippen LogP contribution in [0.5, 0.6) is 0 Å². The van der Waals surface area contributed by atoms with E-state index in [4.69, 9.17) is 0 Å². The van der Waals surface area contributed by atoms with Crippen LogP contribution in [0.2, 0.25) is 0 Å². The highest BCUT2D eigenvalue weighted by Crippen LogP contribution is 1.98. The molecule has 7 heteroatoms. The molecule has 0 fully saturated rings. The first-order valence-electron chi connectivity index (χ1n) is 6.54. The molecule has 1 aromatic carbocycles. The number of nitrogens with one attached hydrogen (secondary N) is 2. The Hall–Kier alpha value is -1.60. The van der Waals surface area contributed by atoms with Crippen LogP contribution in [-0.2, 0) is 21.0 Å². The molecule has 6 nitrogen and oxygen atoms in total. The molecule has 0 aromatic heterocycles.